The normalized spacial score (nSPS) is 10.9. The molecule has 1 aromatic heterocycles. The molecule has 3 rings (SSSR count). The summed E-state index contributed by atoms with van der Waals surface area (Å²) in [6.45, 7) is 1.88. The minimum absolute atomic E-state index is 0.909. The molecule has 2 nitrogen and oxygen atoms in total. The highest BCUT2D eigenvalue weighted by Crippen LogP contribution is 2.18. The van der Waals surface area contributed by atoms with Crippen LogP contribution in [-0.4, -0.2) is 11.5 Å². The number of rotatable bonds is 5. The van der Waals surface area contributed by atoms with E-state index in [9.17, 15) is 0 Å². The number of aromatic nitrogens is 1. The molecule has 1 heterocycles. The summed E-state index contributed by atoms with van der Waals surface area (Å²) in [5, 5.41) is 9.37. The van der Waals surface area contributed by atoms with Crippen molar-refractivity contribution in [1.82, 2.24) is 10.3 Å². The zero-order chi connectivity index (χ0) is 12.9. The van der Waals surface area contributed by atoms with E-state index >= 15 is 0 Å². The second-order valence-corrected chi connectivity index (χ2v) is 5.47. The van der Waals surface area contributed by atoms with Crippen molar-refractivity contribution in [2.24, 2.45) is 0 Å². The molecule has 0 aliphatic carbocycles. The number of nitrogens with one attached hydrogen (secondary N) is 1. The van der Waals surface area contributed by atoms with Crippen LogP contribution >= 0.6 is 11.3 Å². The zero-order valence-electron chi connectivity index (χ0n) is 10.7. The monoisotopic (exact) mass is 268 g/mol. The molecule has 19 heavy (non-hydrogen) atoms. The van der Waals surface area contributed by atoms with Crippen molar-refractivity contribution < 1.29 is 0 Å². The Kier molecular flexibility index (Phi) is 3.86. The van der Waals surface area contributed by atoms with Crippen LogP contribution in [0, 0.1) is 0 Å². The Morgan fingerprint density at radius 3 is 2.84 bits per heavy atom. The molecule has 0 saturated heterocycles. The van der Waals surface area contributed by atoms with Gasteiger partial charge < -0.3 is 5.32 Å². The second kappa shape index (κ2) is 5.95. The number of thiazole rings is 1. The highest BCUT2D eigenvalue weighted by atomic mass is 32.1. The van der Waals surface area contributed by atoms with Crippen molar-refractivity contribution in [3.05, 3.63) is 64.6 Å². The van der Waals surface area contributed by atoms with Crippen molar-refractivity contribution in [2.45, 2.75) is 13.0 Å². The predicted molar refractivity (Wildman–Crippen MR) is 81.5 cm³/mol. The average molecular weight is 268 g/mol. The van der Waals surface area contributed by atoms with E-state index in [0.717, 1.165) is 19.5 Å². The van der Waals surface area contributed by atoms with Gasteiger partial charge in [0.15, 0.2) is 0 Å². The first-order valence-corrected chi connectivity index (χ1v) is 7.37. The van der Waals surface area contributed by atoms with Crippen LogP contribution in [0.1, 0.15) is 10.6 Å². The maximum atomic E-state index is 4.29. The quantitative estimate of drug-likeness (QED) is 0.715. The summed E-state index contributed by atoms with van der Waals surface area (Å²) in [5.41, 5.74) is 1.36. The van der Waals surface area contributed by atoms with Gasteiger partial charge in [0.2, 0.25) is 0 Å². The molecule has 0 amide bonds. The summed E-state index contributed by atoms with van der Waals surface area (Å²) in [7, 11) is 0. The Hall–Kier alpha value is -1.71. The topological polar surface area (TPSA) is 24.9 Å². The van der Waals surface area contributed by atoms with Gasteiger partial charge in [0.05, 0.1) is 5.01 Å². The SMILES string of the molecule is c1ccc2c(CNCCc3nccs3)cccc2c1. The molecule has 0 aliphatic rings. The summed E-state index contributed by atoms with van der Waals surface area (Å²) >= 11 is 1.72. The Morgan fingerprint density at radius 2 is 1.95 bits per heavy atom. The fourth-order valence-electron chi connectivity index (χ4n) is 2.24. The first kappa shape index (κ1) is 12.3. The van der Waals surface area contributed by atoms with Gasteiger partial charge in [-0.05, 0) is 16.3 Å². The van der Waals surface area contributed by atoms with E-state index in [1.165, 1.54) is 21.3 Å². The molecule has 3 heteroatoms. The van der Waals surface area contributed by atoms with Crippen LogP contribution in [0.3, 0.4) is 0 Å². The molecule has 0 radical (unpaired) electrons. The number of nitrogens with zero attached hydrogens (tertiary/aromatic N) is 1. The molecule has 0 bridgehead atoms. The lowest BCUT2D eigenvalue weighted by molar-refractivity contribution is 0.688. The molecule has 0 aliphatic heterocycles. The molecule has 3 aromatic rings. The van der Waals surface area contributed by atoms with Crippen LogP contribution in [0.4, 0.5) is 0 Å². The molecular formula is C16H16N2S. The summed E-state index contributed by atoms with van der Waals surface area (Å²) in [6, 6.07) is 15.0. The van der Waals surface area contributed by atoms with Crippen molar-refractivity contribution in [3.63, 3.8) is 0 Å². The summed E-state index contributed by atoms with van der Waals surface area (Å²) in [5.74, 6) is 0. The number of hydrogen-bond donors (Lipinski definition) is 1. The maximum absolute atomic E-state index is 4.29. The van der Waals surface area contributed by atoms with Gasteiger partial charge in [-0.15, -0.1) is 11.3 Å². The molecule has 0 fully saturated rings. The maximum Gasteiger partial charge on any atom is 0.0937 e. The van der Waals surface area contributed by atoms with E-state index < -0.39 is 0 Å². The Morgan fingerprint density at radius 1 is 1.05 bits per heavy atom. The van der Waals surface area contributed by atoms with Gasteiger partial charge in [0, 0.05) is 31.1 Å². The van der Waals surface area contributed by atoms with E-state index in [2.05, 4.69) is 52.8 Å². The summed E-state index contributed by atoms with van der Waals surface area (Å²) < 4.78 is 0. The van der Waals surface area contributed by atoms with Crippen LogP contribution in [0.5, 0.6) is 0 Å². The lowest BCUT2D eigenvalue weighted by atomic mass is 10.0. The third kappa shape index (κ3) is 3.00. The first-order valence-electron chi connectivity index (χ1n) is 6.49. The van der Waals surface area contributed by atoms with Crippen molar-refractivity contribution in [1.29, 1.82) is 0 Å². The van der Waals surface area contributed by atoms with Gasteiger partial charge >= 0.3 is 0 Å². The lowest BCUT2D eigenvalue weighted by Gasteiger charge is -2.07. The standard InChI is InChI=1S/C16H16N2S/c1-2-7-15-13(4-1)5-3-6-14(15)12-17-9-8-16-18-10-11-19-16/h1-7,10-11,17H,8-9,12H2. The third-order valence-electron chi connectivity index (χ3n) is 3.19. The Labute approximate surface area is 117 Å². The van der Waals surface area contributed by atoms with E-state index in [0.29, 0.717) is 0 Å². The molecule has 2 aromatic carbocycles. The smallest absolute Gasteiger partial charge is 0.0937 e. The molecule has 0 unspecified atom stereocenters. The molecule has 0 atom stereocenters. The van der Waals surface area contributed by atoms with Gasteiger partial charge in [-0.2, -0.15) is 0 Å². The Bertz CT molecular complexity index is 641. The van der Waals surface area contributed by atoms with Crippen molar-refractivity contribution >= 4 is 22.1 Å². The lowest BCUT2D eigenvalue weighted by Crippen LogP contribution is -2.16. The fourth-order valence-corrected chi connectivity index (χ4v) is 2.86. The molecule has 0 saturated carbocycles. The van der Waals surface area contributed by atoms with Gasteiger partial charge in [-0.3, -0.25) is 0 Å². The molecule has 1 N–H and O–H groups in total. The molecule has 0 spiro atoms. The molecular weight excluding hydrogens is 252 g/mol. The predicted octanol–water partition coefficient (Wildman–Crippen LogP) is 3.63. The highest BCUT2D eigenvalue weighted by molar-refractivity contribution is 7.09. The average Bonchev–Trinajstić information content (AvgIpc) is 2.97. The van der Waals surface area contributed by atoms with Gasteiger partial charge in [0.25, 0.3) is 0 Å². The largest absolute Gasteiger partial charge is 0.312 e. The molecule has 96 valence electrons. The number of hydrogen-bond acceptors (Lipinski definition) is 3. The Balaban J connectivity index is 1.62. The van der Waals surface area contributed by atoms with Gasteiger partial charge in [-0.1, -0.05) is 42.5 Å². The zero-order valence-corrected chi connectivity index (χ0v) is 11.5. The van der Waals surface area contributed by atoms with Crippen LogP contribution in [0.25, 0.3) is 10.8 Å². The summed E-state index contributed by atoms with van der Waals surface area (Å²) in [6.07, 6.45) is 2.87. The number of benzene rings is 2. The fraction of sp³-hybridized carbons (Fsp3) is 0.188. The van der Waals surface area contributed by atoms with E-state index in [1.807, 2.05) is 11.6 Å². The van der Waals surface area contributed by atoms with Crippen LogP contribution < -0.4 is 5.32 Å². The van der Waals surface area contributed by atoms with E-state index in [-0.39, 0.29) is 0 Å². The van der Waals surface area contributed by atoms with Crippen LogP contribution in [0.2, 0.25) is 0 Å². The minimum Gasteiger partial charge on any atom is -0.312 e. The van der Waals surface area contributed by atoms with Crippen LogP contribution in [-0.2, 0) is 13.0 Å². The van der Waals surface area contributed by atoms with Crippen molar-refractivity contribution in [2.75, 3.05) is 6.54 Å². The van der Waals surface area contributed by atoms with E-state index in [4.69, 9.17) is 0 Å². The summed E-state index contributed by atoms with van der Waals surface area (Å²) in [4.78, 5) is 4.29. The van der Waals surface area contributed by atoms with Crippen LogP contribution in [0.15, 0.2) is 54.0 Å². The third-order valence-corrected chi connectivity index (χ3v) is 4.03. The first-order chi connectivity index (χ1) is 9.43. The number of fused-ring (bicyclic) bond motifs is 1. The van der Waals surface area contributed by atoms with E-state index in [1.54, 1.807) is 11.3 Å². The van der Waals surface area contributed by atoms with Gasteiger partial charge in [0.1, 0.15) is 0 Å². The second-order valence-electron chi connectivity index (χ2n) is 4.49. The van der Waals surface area contributed by atoms with Gasteiger partial charge in [-0.25, -0.2) is 4.98 Å². The highest BCUT2D eigenvalue weighted by Gasteiger charge is 2.00. The minimum atomic E-state index is 0.909. The van der Waals surface area contributed by atoms with Crippen molar-refractivity contribution in [3.8, 4) is 0 Å².